The summed E-state index contributed by atoms with van der Waals surface area (Å²) in [6.07, 6.45) is 2.15. The number of halogens is 1. The normalized spacial score (nSPS) is 19.9. The Bertz CT molecular complexity index is 396. The van der Waals surface area contributed by atoms with Gasteiger partial charge in [-0.3, -0.25) is 0 Å². The first-order valence-corrected chi connectivity index (χ1v) is 6.24. The van der Waals surface area contributed by atoms with Gasteiger partial charge in [-0.1, -0.05) is 20.8 Å². The van der Waals surface area contributed by atoms with E-state index in [-0.39, 0.29) is 11.2 Å². The van der Waals surface area contributed by atoms with Crippen LogP contribution in [-0.4, -0.2) is 12.6 Å². The van der Waals surface area contributed by atoms with Crippen molar-refractivity contribution in [1.82, 2.24) is 0 Å². The van der Waals surface area contributed by atoms with Crippen molar-refractivity contribution in [3.8, 4) is 0 Å². The first-order valence-electron chi connectivity index (χ1n) is 6.24. The fourth-order valence-corrected chi connectivity index (χ4v) is 2.36. The zero-order valence-electron chi connectivity index (χ0n) is 10.8. The largest absolute Gasteiger partial charge is 0.383 e. The van der Waals surface area contributed by atoms with Crippen LogP contribution in [0.3, 0.4) is 0 Å². The molecule has 1 aliphatic heterocycles. The Hall–Kier alpha value is -1.25. The van der Waals surface area contributed by atoms with Gasteiger partial charge in [0.2, 0.25) is 0 Å². The third-order valence-electron chi connectivity index (χ3n) is 3.01. The Balaban J connectivity index is 2.16. The van der Waals surface area contributed by atoms with E-state index in [1.54, 1.807) is 12.1 Å². The molecule has 0 amide bonds. The van der Waals surface area contributed by atoms with Gasteiger partial charge in [-0.05, 0) is 36.5 Å². The van der Waals surface area contributed by atoms with E-state index < -0.39 is 0 Å². The summed E-state index contributed by atoms with van der Waals surface area (Å²) >= 11 is 0. The number of hydrogen-bond acceptors (Lipinski definition) is 2. The lowest BCUT2D eigenvalue weighted by Gasteiger charge is -2.26. The van der Waals surface area contributed by atoms with E-state index in [2.05, 4.69) is 31.4 Å². The fraction of sp³-hybridized carbons (Fsp3) is 0.571. The second-order valence-electron chi connectivity index (χ2n) is 6.01. The summed E-state index contributed by atoms with van der Waals surface area (Å²) in [6, 6.07) is 5.28. The van der Waals surface area contributed by atoms with Crippen molar-refractivity contribution < 1.29 is 4.39 Å². The highest BCUT2D eigenvalue weighted by Gasteiger charge is 2.21. The Morgan fingerprint density at radius 2 is 2.06 bits per heavy atom. The molecule has 0 bridgehead atoms. The van der Waals surface area contributed by atoms with Crippen molar-refractivity contribution in [2.24, 2.45) is 5.41 Å². The van der Waals surface area contributed by atoms with Crippen molar-refractivity contribution in [3.63, 3.8) is 0 Å². The van der Waals surface area contributed by atoms with E-state index in [9.17, 15) is 4.39 Å². The molecule has 0 spiro atoms. The smallest absolute Gasteiger partial charge is 0.125 e. The Morgan fingerprint density at radius 1 is 1.29 bits per heavy atom. The maximum atomic E-state index is 13.2. The third kappa shape index (κ3) is 3.35. The van der Waals surface area contributed by atoms with Crippen LogP contribution in [0.4, 0.5) is 15.8 Å². The van der Waals surface area contributed by atoms with Crippen molar-refractivity contribution in [1.29, 1.82) is 0 Å². The number of rotatable bonds is 1. The molecule has 3 heteroatoms. The van der Waals surface area contributed by atoms with Gasteiger partial charge in [0.15, 0.2) is 0 Å². The number of anilines is 2. The predicted octanol–water partition coefficient (Wildman–Crippen LogP) is 3.86. The molecule has 94 valence electrons. The van der Waals surface area contributed by atoms with Gasteiger partial charge in [0.1, 0.15) is 5.82 Å². The van der Waals surface area contributed by atoms with E-state index in [0.29, 0.717) is 6.04 Å². The van der Waals surface area contributed by atoms with Gasteiger partial charge in [-0.15, -0.1) is 0 Å². The van der Waals surface area contributed by atoms with Crippen molar-refractivity contribution >= 4 is 11.4 Å². The molecule has 0 aromatic heterocycles. The van der Waals surface area contributed by atoms with Crippen LogP contribution in [0.25, 0.3) is 0 Å². The predicted molar refractivity (Wildman–Crippen MR) is 71.0 cm³/mol. The minimum absolute atomic E-state index is 0.186. The lowest BCUT2D eigenvalue weighted by molar-refractivity contribution is 0.345. The van der Waals surface area contributed by atoms with Crippen LogP contribution in [-0.2, 0) is 0 Å². The average molecular weight is 236 g/mol. The molecular formula is C14H21FN2. The molecule has 2 nitrogen and oxygen atoms in total. The number of benzene rings is 1. The summed E-state index contributed by atoms with van der Waals surface area (Å²) in [4.78, 5) is 0. The molecule has 0 saturated heterocycles. The van der Waals surface area contributed by atoms with Crippen LogP contribution in [0.2, 0.25) is 0 Å². The van der Waals surface area contributed by atoms with Crippen LogP contribution in [0.15, 0.2) is 18.2 Å². The first-order chi connectivity index (χ1) is 7.94. The summed E-state index contributed by atoms with van der Waals surface area (Å²) in [6.45, 7) is 7.64. The van der Waals surface area contributed by atoms with Gasteiger partial charge in [0, 0.05) is 12.6 Å². The van der Waals surface area contributed by atoms with Crippen molar-refractivity contribution in [2.45, 2.75) is 39.7 Å². The maximum Gasteiger partial charge on any atom is 0.125 e. The molecule has 1 atom stereocenters. The maximum absolute atomic E-state index is 13.2. The number of hydrogen-bond donors (Lipinski definition) is 2. The first kappa shape index (κ1) is 12.2. The summed E-state index contributed by atoms with van der Waals surface area (Å²) in [5.41, 5.74) is 2.18. The molecular weight excluding hydrogens is 215 g/mol. The minimum atomic E-state index is -0.186. The summed E-state index contributed by atoms with van der Waals surface area (Å²) in [7, 11) is 0. The standard InChI is InChI=1S/C14H21FN2/c1-14(2,3)9-11-6-7-16-12-5-4-10(15)8-13(12)17-11/h4-5,8,11,16-17H,6-7,9H2,1-3H3. The second kappa shape index (κ2) is 4.55. The quantitative estimate of drug-likeness (QED) is 0.773. The molecule has 0 aliphatic carbocycles. The molecule has 1 aliphatic rings. The summed E-state index contributed by atoms with van der Waals surface area (Å²) in [5.74, 6) is -0.186. The molecule has 1 aromatic carbocycles. The van der Waals surface area contributed by atoms with Gasteiger partial charge in [-0.2, -0.15) is 0 Å². The summed E-state index contributed by atoms with van der Waals surface area (Å²) < 4.78 is 13.2. The fourth-order valence-electron chi connectivity index (χ4n) is 2.36. The van der Waals surface area contributed by atoms with Gasteiger partial charge in [-0.25, -0.2) is 4.39 Å². The lowest BCUT2D eigenvalue weighted by Crippen LogP contribution is -2.25. The molecule has 2 N–H and O–H groups in total. The Kier molecular flexibility index (Phi) is 3.27. The summed E-state index contributed by atoms with van der Waals surface area (Å²) in [5, 5.41) is 6.79. The number of nitrogens with one attached hydrogen (secondary N) is 2. The molecule has 1 aromatic rings. The zero-order chi connectivity index (χ0) is 12.5. The van der Waals surface area contributed by atoms with E-state index in [1.165, 1.54) is 6.07 Å². The van der Waals surface area contributed by atoms with Gasteiger partial charge in [0.05, 0.1) is 11.4 Å². The highest BCUT2D eigenvalue weighted by molar-refractivity contribution is 5.69. The van der Waals surface area contributed by atoms with E-state index >= 15 is 0 Å². The highest BCUT2D eigenvalue weighted by Crippen LogP contribution is 2.30. The molecule has 1 unspecified atom stereocenters. The Labute approximate surface area is 103 Å². The van der Waals surface area contributed by atoms with Crippen LogP contribution < -0.4 is 10.6 Å². The monoisotopic (exact) mass is 236 g/mol. The van der Waals surface area contributed by atoms with Gasteiger partial charge < -0.3 is 10.6 Å². The van der Waals surface area contributed by atoms with Gasteiger partial charge in [0.25, 0.3) is 0 Å². The van der Waals surface area contributed by atoms with Crippen LogP contribution in [0.1, 0.15) is 33.6 Å². The Morgan fingerprint density at radius 3 is 2.76 bits per heavy atom. The van der Waals surface area contributed by atoms with E-state index in [4.69, 9.17) is 0 Å². The molecule has 2 rings (SSSR count). The average Bonchev–Trinajstić information content (AvgIpc) is 2.36. The van der Waals surface area contributed by atoms with Crippen LogP contribution in [0, 0.1) is 11.2 Å². The lowest BCUT2D eigenvalue weighted by atomic mass is 9.87. The molecule has 0 radical (unpaired) electrons. The van der Waals surface area contributed by atoms with Crippen LogP contribution >= 0.6 is 0 Å². The van der Waals surface area contributed by atoms with E-state index in [0.717, 1.165) is 30.8 Å². The van der Waals surface area contributed by atoms with Crippen molar-refractivity contribution in [3.05, 3.63) is 24.0 Å². The molecule has 1 heterocycles. The van der Waals surface area contributed by atoms with Gasteiger partial charge >= 0.3 is 0 Å². The van der Waals surface area contributed by atoms with Crippen LogP contribution in [0.5, 0.6) is 0 Å². The topological polar surface area (TPSA) is 24.1 Å². The highest BCUT2D eigenvalue weighted by atomic mass is 19.1. The molecule has 17 heavy (non-hydrogen) atoms. The van der Waals surface area contributed by atoms with Crippen molar-refractivity contribution in [2.75, 3.05) is 17.2 Å². The zero-order valence-corrected chi connectivity index (χ0v) is 10.8. The third-order valence-corrected chi connectivity index (χ3v) is 3.01. The minimum Gasteiger partial charge on any atom is -0.383 e. The second-order valence-corrected chi connectivity index (χ2v) is 6.01. The number of fused-ring (bicyclic) bond motifs is 1. The van der Waals surface area contributed by atoms with E-state index in [1.807, 2.05) is 0 Å². The molecule has 0 saturated carbocycles. The SMILES string of the molecule is CC(C)(C)CC1CCNc2ccc(F)cc2N1. The molecule has 0 fully saturated rings.